The number of likely N-dealkylation sites (tertiary alicyclic amines) is 1. The van der Waals surface area contributed by atoms with Gasteiger partial charge in [0.2, 0.25) is 0 Å². The molecule has 0 saturated carbocycles. The molecule has 0 bridgehead atoms. The Morgan fingerprint density at radius 3 is 2.81 bits per heavy atom. The van der Waals surface area contributed by atoms with Crippen LogP contribution in [0.25, 0.3) is 0 Å². The molecule has 2 aliphatic rings. The van der Waals surface area contributed by atoms with Gasteiger partial charge in [-0.05, 0) is 43.9 Å². The molecule has 1 atom stereocenters. The molecule has 0 aromatic heterocycles. The number of nitrogens with one attached hydrogen (secondary N) is 1. The monoisotopic (exact) mass is 289 g/mol. The second kappa shape index (κ2) is 6.35. The van der Waals surface area contributed by atoms with Crippen molar-refractivity contribution in [3.05, 3.63) is 23.8 Å². The van der Waals surface area contributed by atoms with Crippen LogP contribution < -0.4 is 11.1 Å². The SMILES string of the molecule is Nc1cc(C(=O)N2CCCC2)ccc1NC[C@H]1CCCO1. The zero-order chi connectivity index (χ0) is 14.7. The number of carbonyl (C=O) groups is 1. The number of nitrogens with zero attached hydrogens (tertiary/aromatic N) is 1. The van der Waals surface area contributed by atoms with E-state index in [2.05, 4.69) is 5.32 Å². The van der Waals surface area contributed by atoms with Gasteiger partial charge >= 0.3 is 0 Å². The first-order chi connectivity index (χ1) is 10.2. The molecule has 5 heteroatoms. The first-order valence-electron chi connectivity index (χ1n) is 7.78. The first-order valence-corrected chi connectivity index (χ1v) is 7.78. The van der Waals surface area contributed by atoms with Crippen molar-refractivity contribution in [3.63, 3.8) is 0 Å². The van der Waals surface area contributed by atoms with Crippen LogP contribution in [-0.2, 0) is 4.74 Å². The van der Waals surface area contributed by atoms with Gasteiger partial charge in [0, 0.05) is 31.8 Å². The Labute approximate surface area is 125 Å². The summed E-state index contributed by atoms with van der Waals surface area (Å²) in [7, 11) is 0. The van der Waals surface area contributed by atoms with E-state index in [9.17, 15) is 4.79 Å². The highest BCUT2D eigenvalue weighted by Gasteiger charge is 2.20. The summed E-state index contributed by atoms with van der Waals surface area (Å²) in [6, 6.07) is 5.53. The second-order valence-corrected chi connectivity index (χ2v) is 5.82. The van der Waals surface area contributed by atoms with Crippen LogP contribution in [-0.4, -0.2) is 43.2 Å². The van der Waals surface area contributed by atoms with E-state index >= 15 is 0 Å². The van der Waals surface area contributed by atoms with Gasteiger partial charge < -0.3 is 20.7 Å². The molecule has 2 aliphatic heterocycles. The maximum Gasteiger partial charge on any atom is 0.253 e. The number of rotatable bonds is 4. The molecule has 2 fully saturated rings. The third-order valence-electron chi connectivity index (χ3n) is 4.24. The minimum Gasteiger partial charge on any atom is -0.397 e. The van der Waals surface area contributed by atoms with Gasteiger partial charge in [0.15, 0.2) is 0 Å². The highest BCUT2D eigenvalue weighted by Crippen LogP contribution is 2.23. The van der Waals surface area contributed by atoms with Crippen LogP contribution >= 0.6 is 0 Å². The van der Waals surface area contributed by atoms with Gasteiger partial charge in [-0.15, -0.1) is 0 Å². The Bertz CT molecular complexity index is 506. The van der Waals surface area contributed by atoms with Crippen LogP contribution in [0.4, 0.5) is 11.4 Å². The average Bonchev–Trinajstić information content (AvgIpc) is 3.18. The van der Waals surface area contributed by atoms with E-state index in [1.165, 1.54) is 0 Å². The van der Waals surface area contributed by atoms with Crippen molar-refractivity contribution in [2.24, 2.45) is 0 Å². The molecule has 0 radical (unpaired) electrons. The highest BCUT2D eigenvalue weighted by atomic mass is 16.5. The average molecular weight is 289 g/mol. The summed E-state index contributed by atoms with van der Waals surface area (Å²) in [5.41, 5.74) is 8.25. The van der Waals surface area contributed by atoms with Crippen molar-refractivity contribution in [3.8, 4) is 0 Å². The van der Waals surface area contributed by atoms with E-state index in [0.717, 1.165) is 57.6 Å². The maximum absolute atomic E-state index is 12.3. The van der Waals surface area contributed by atoms with E-state index in [1.54, 1.807) is 6.07 Å². The molecule has 2 heterocycles. The normalized spacial score (nSPS) is 21.7. The summed E-state index contributed by atoms with van der Waals surface area (Å²) in [4.78, 5) is 14.2. The van der Waals surface area contributed by atoms with Crippen molar-refractivity contribution in [1.29, 1.82) is 0 Å². The van der Waals surface area contributed by atoms with Gasteiger partial charge in [0.1, 0.15) is 0 Å². The Morgan fingerprint density at radius 1 is 1.33 bits per heavy atom. The second-order valence-electron chi connectivity index (χ2n) is 5.82. The fourth-order valence-corrected chi connectivity index (χ4v) is 2.99. The van der Waals surface area contributed by atoms with Crippen LogP contribution in [0.15, 0.2) is 18.2 Å². The van der Waals surface area contributed by atoms with Crippen molar-refractivity contribution >= 4 is 17.3 Å². The number of nitrogen functional groups attached to an aromatic ring is 1. The number of amides is 1. The van der Waals surface area contributed by atoms with E-state index in [0.29, 0.717) is 11.3 Å². The lowest BCUT2D eigenvalue weighted by Gasteiger charge is -2.17. The lowest BCUT2D eigenvalue weighted by atomic mass is 10.1. The third-order valence-corrected chi connectivity index (χ3v) is 4.24. The van der Waals surface area contributed by atoms with Gasteiger partial charge in [-0.1, -0.05) is 0 Å². The maximum atomic E-state index is 12.3. The Morgan fingerprint density at radius 2 is 2.14 bits per heavy atom. The van der Waals surface area contributed by atoms with Gasteiger partial charge in [0.05, 0.1) is 17.5 Å². The molecule has 0 spiro atoms. The summed E-state index contributed by atoms with van der Waals surface area (Å²) in [6.07, 6.45) is 4.70. The molecular weight excluding hydrogens is 266 g/mol. The number of ether oxygens (including phenoxy) is 1. The van der Waals surface area contributed by atoms with Gasteiger partial charge in [-0.3, -0.25) is 4.79 Å². The quantitative estimate of drug-likeness (QED) is 0.833. The Kier molecular flexibility index (Phi) is 4.29. The smallest absolute Gasteiger partial charge is 0.253 e. The van der Waals surface area contributed by atoms with Crippen LogP contribution in [0.2, 0.25) is 0 Å². The fourth-order valence-electron chi connectivity index (χ4n) is 2.99. The molecule has 3 N–H and O–H groups in total. The van der Waals surface area contributed by atoms with Gasteiger partial charge in [0.25, 0.3) is 5.91 Å². The topological polar surface area (TPSA) is 67.6 Å². The standard InChI is InChI=1S/C16H23N3O2/c17-14-10-12(16(20)19-7-1-2-8-19)5-6-15(14)18-11-13-4-3-9-21-13/h5-6,10,13,18H,1-4,7-9,11,17H2/t13-/m1/s1. The number of carbonyl (C=O) groups excluding carboxylic acids is 1. The molecule has 0 aliphatic carbocycles. The molecule has 21 heavy (non-hydrogen) atoms. The van der Waals surface area contributed by atoms with E-state index < -0.39 is 0 Å². The highest BCUT2D eigenvalue weighted by molar-refractivity contribution is 5.96. The van der Waals surface area contributed by atoms with E-state index in [-0.39, 0.29) is 12.0 Å². The van der Waals surface area contributed by atoms with E-state index in [1.807, 2.05) is 17.0 Å². The number of hydrogen-bond acceptors (Lipinski definition) is 4. The number of hydrogen-bond donors (Lipinski definition) is 2. The number of nitrogens with two attached hydrogens (primary N) is 1. The summed E-state index contributed by atoms with van der Waals surface area (Å²) >= 11 is 0. The zero-order valence-electron chi connectivity index (χ0n) is 12.3. The van der Waals surface area contributed by atoms with Crippen LogP contribution in [0, 0.1) is 0 Å². The molecule has 0 unspecified atom stereocenters. The molecular formula is C16H23N3O2. The predicted octanol–water partition coefficient (Wildman–Crippen LogP) is 2.10. The number of benzene rings is 1. The summed E-state index contributed by atoms with van der Waals surface area (Å²) in [5, 5.41) is 3.32. The largest absolute Gasteiger partial charge is 0.397 e. The number of anilines is 2. The molecule has 2 saturated heterocycles. The summed E-state index contributed by atoms with van der Waals surface area (Å²) in [6.45, 7) is 3.34. The predicted molar refractivity (Wildman–Crippen MR) is 83.5 cm³/mol. The first kappa shape index (κ1) is 14.2. The molecule has 3 rings (SSSR count). The van der Waals surface area contributed by atoms with Crippen LogP contribution in [0.1, 0.15) is 36.0 Å². The molecule has 114 valence electrons. The molecule has 1 aromatic carbocycles. The third kappa shape index (κ3) is 3.29. The Balaban J connectivity index is 1.63. The fraction of sp³-hybridized carbons (Fsp3) is 0.562. The van der Waals surface area contributed by atoms with Crippen molar-refractivity contribution < 1.29 is 9.53 Å². The van der Waals surface area contributed by atoms with Crippen molar-refractivity contribution in [1.82, 2.24) is 4.90 Å². The molecule has 1 aromatic rings. The van der Waals surface area contributed by atoms with Gasteiger partial charge in [-0.25, -0.2) is 0 Å². The summed E-state index contributed by atoms with van der Waals surface area (Å²) < 4.78 is 5.58. The Hall–Kier alpha value is -1.75. The molecule has 5 nitrogen and oxygen atoms in total. The lowest BCUT2D eigenvalue weighted by molar-refractivity contribution is 0.0793. The molecule has 1 amide bonds. The van der Waals surface area contributed by atoms with Crippen molar-refractivity contribution in [2.45, 2.75) is 31.8 Å². The van der Waals surface area contributed by atoms with Crippen LogP contribution in [0.5, 0.6) is 0 Å². The zero-order valence-corrected chi connectivity index (χ0v) is 12.3. The van der Waals surface area contributed by atoms with Crippen LogP contribution in [0.3, 0.4) is 0 Å². The summed E-state index contributed by atoms with van der Waals surface area (Å²) in [5.74, 6) is 0.0878. The minimum absolute atomic E-state index is 0.0878. The van der Waals surface area contributed by atoms with Gasteiger partial charge in [-0.2, -0.15) is 0 Å². The lowest BCUT2D eigenvalue weighted by Crippen LogP contribution is -2.27. The minimum atomic E-state index is 0.0878. The van der Waals surface area contributed by atoms with Crippen molar-refractivity contribution in [2.75, 3.05) is 37.3 Å². The van der Waals surface area contributed by atoms with E-state index in [4.69, 9.17) is 10.5 Å².